The van der Waals surface area contributed by atoms with E-state index in [9.17, 15) is 4.79 Å². The van der Waals surface area contributed by atoms with Gasteiger partial charge in [0.1, 0.15) is 0 Å². The van der Waals surface area contributed by atoms with Crippen LogP contribution >= 0.6 is 11.6 Å². The van der Waals surface area contributed by atoms with Gasteiger partial charge in [-0.05, 0) is 30.9 Å². The lowest BCUT2D eigenvalue weighted by Gasteiger charge is -2.25. The molecular formula is C15H20ClNO. The highest BCUT2D eigenvalue weighted by atomic mass is 35.5. The highest BCUT2D eigenvalue weighted by molar-refractivity contribution is 6.17. The molecule has 0 saturated heterocycles. The summed E-state index contributed by atoms with van der Waals surface area (Å²) in [4.78, 5) is 12.3. The summed E-state index contributed by atoms with van der Waals surface area (Å²) in [6.45, 7) is 2.10. The molecule has 3 heteroatoms. The van der Waals surface area contributed by atoms with E-state index >= 15 is 0 Å². The summed E-state index contributed by atoms with van der Waals surface area (Å²) in [7, 11) is 0. The van der Waals surface area contributed by atoms with E-state index in [4.69, 9.17) is 11.6 Å². The van der Waals surface area contributed by atoms with Crippen molar-refractivity contribution in [1.82, 2.24) is 0 Å². The molecule has 0 spiro atoms. The Morgan fingerprint density at radius 2 is 2.00 bits per heavy atom. The molecule has 1 atom stereocenters. The molecule has 18 heavy (non-hydrogen) atoms. The molecule has 1 aromatic carbocycles. The number of benzene rings is 1. The monoisotopic (exact) mass is 265 g/mol. The quantitative estimate of drug-likeness (QED) is 0.609. The highest BCUT2D eigenvalue weighted by Crippen LogP contribution is 2.43. The molecule has 1 heterocycles. The summed E-state index contributed by atoms with van der Waals surface area (Å²) in [5, 5.41) is 3.02. The first-order valence-electron chi connectivity index (χ1n) is 6.71. The topological polar surface area (TPSA) is 29.1 Å². The molecule has 0 radical (unpaired) electrons. The molecule has 0 aliphatic carbocycles. The molecule has 1 N–H and O–H groups in total. The van der Waals surface area contributed by atoms with E-state index in [0.29, 0.717) is 5.88 Å². The van der Waals surface area contributed by atoms with E-state index in [2.05, 4.69) is 18.3 Å². The van der Waals surface area contributed by atoms with Crippen LogP contribution in [-0.2, 0) is 10.2 Å². The van der Waals surface area contributed by atoms with Gasteiger partial charge < -0.3 is 5.32 Å². The van der Waals surface area contributed by atoms with Crippen LogP contribution < -0.4 is 5.32 Å². The molecule has 1 amide bonds. The van der Waals surface area contributed by atoms with E-state index in [-0.39, 0.29) is 11.3 Å². The minimum Gasteiger partial charge on any atom is -0.325 e. The van der Waals surface area contributed by atoms with Crippen LogP contribution in [0.15, 0.2) is 24.3 Å². The van der Waals surface area contributed by atoms with Crippen LogP contribution in [0.5, 0.6) is 0 Å². The average Bonchev–Trinajstić information content (AvgIpc) is 2.68. The Balaban J connectivity index is 2.18. The second-order valence-corrected chi connectivity index (χ2v) is 5.31. The number of hydrogen-bond acceptors (Lipinski definition) is 1. The van der Waals surface area contributed by atoms with Crippen molar-refractivity contribution in [3.05, 3.63) is 29.8 Å². The van der Waals surface area contributed by atoms with Crippen molar-refractivity contribution in [2.24, 2.45) is 0 Å². The Morgan fingerprint density at radius 3 is 2.72 bits per heavy atom. The van der Waals surface area contributed by atoms with Gasteiger partial charge in [-0.2, -0.15) is 0 Å². The zero-order valence-electron chi connectivity index (χ0n) is 10.8. The first-order valence-corrected chi connectivity index (χ1v) is 7.25. The molecule has 1 unspecified atom stereocenters. The van der Waals surface area contributed by atoms with Gasteiger partial charge in [-0.1, -0.05) is 38.0 Å². The van der Waals surface area contributed by atoms with Crippen molar-refractivity contribution in [3.63, 3.8) is 0 Å². The molecule has 2 rings (SSSR count). The molecule has 2 nitrogen and oxygen atoms in total. The molecule has 1 aliphatic heterocycles. The molecule has 0 fully saturated rings. The predicted molar refractivity (Wildman–Crippen MR) is 76.2 cm³/mol. The van der Waals surface area contributed by atoms with Crippen molar-refractivity contribution >= 4 is 23.2 Å². The van der Waals surface area contributed by atoms with Gasteiger partial charge >= 0.3 is 0 Å². The molecular weight excluding hydrogens is 246 g/mol. The SMILES string of the molecule is CCC1(CCCCCCl)C(=O)Nc2ccccc21. The number of para-hydroxylation sites is 1. The number of fused-ring (bicyclic) bond motifs is 1. The zero-order chi connectivity index (χ0) is 13.0. The Hall–Kier alpha value is -1.02. The maximum Gasteiger partial charge on any atom is 0.235 e. The Labute approximate surface area is 114 Å². The Bertz CT molecular complexity index is 432. The molecule has 0 aromatic heterocycles. The number of carbonyl (C=O) groups excluding carboxylic acids is 1. The molecule has 1 aliphatic rings. The largest absolute Gasteiger partial charge is 0.325 e. The Kier molecular flexibility index (Phi) is 4.28. The number of unbranched alkanes of at least 4 members (excludes halogenated alkanes) is 2. The van der Waals surface area contributed by atoms with E-state index < -0.39 is 0 Å². The number of hydrogen-bond donors (Lipinski definition) is 1. The number of rotatable bonds is 6. The number of carbonyl (C=O) groups is 1. The second-order valence-electron chi connectivity index (χ2n) is 4.94. The number of anilines is 1. The van der Waals surface area contributed by atoms with Gasteiger partial charge in [0, 0.05) is 11.6 Å². The van der Waals surface area contributed by atoms with E-state index in [1.165, 1.54) is 5.56 Å². The number of halogens is 1. The van der Waals surface area contributed by atoms with Crippen molar-refractivity contribution in [2.75, 3.05) is 11.2 Å². The van der Waals surface area contributed by atoms with Crippen LogP contribution in [0, 0.1) is 0 Å². The fourth-order valence-electron chi connectivity index (χ4n) is 2.85. The standard InChI is InChI=1S/C15H20ClNO/c1-2-15(10-6-3-7-11-16)12-8-4-5-9-13(12)17-14(15)18/h4-5,8-9H,2-3,6-7,10-11H2,1H3,(H,17,18). The lowest BCUT2D eigenvalue weighted by atomic mass is 9.75. The normalized spacial score (nSPS) is 21.8. The third kappa shape index (κ3) is 2.26. The van der Waals surface area contributed by atoms with Gasteiger partial charge in [-0.15, -0.1) is 11.6 Å². The number of nitrogens with one attached hydrogen (secondary N) is 1. The third-order valence-electron chi connectivity index (χ3n) is 3.97. The predicted octanol–water partition coefficient (Wildman–Crippen LogP) is 4.09. The van der Waals surface area contributed by atoms with E-state index in [1.54, 1.807) is 0 Å². The van der Waals surface area contributed by atoms with Crippen molar-refractivity contribution in [1.29, 1.82) is 0 Å². The van der Waals surface area contributed by atoms with Crippen molar-refractivity contribution in [2.45, 2.75) is 44.4 Å². The fourth-order valence-corrected chi connectivity index (χ4v) is 3.04. The molecule has 0 bridgehead atoms. The molecule has 0 saturated carbocycles. The minimum absolute atomic E-state index is 0.164. The van der Waals surface area contributed by atoms with Gasteiger partial charge in [0.25, 0.3) is 0 Å². The van der Waals surface area contributed by atoms with Gasteiger partial charge in [-0.3, -0.25) is 4.79 Å². The second kappa shape index (κ2) is 5.75. The smallest absolute Gasteiger partial charge is 0.235 e. The fraction of sp³-hybridized carbons (Fsp3) is 0.533. The van der Waals surface area contributed by atoms with Crippen LogP contribution in [0.25, 0.3) is 0 Å². The first kappa shape index (κ1) is 13.4. The average molecular weight is 266 g/mol. The zero-order valence-corrected chi connectivity index (χ0v) is 11.6. The van der Waals surface area contributed by atoms with Crippen molar-refractivity contribution < 1.29 is 4.79 Å². The highest BCUT2D eigenvalue weighted by Gasteiger charge is 2.44. The van der Waals surface area contributed by atoms with Gasteiger partial charge in [-0.25, -0.2) is 0 Å². The van der Waals surface area contributed by atoms with Crippen LogP contribution in [0.2, 0.25) is 0 Å². The van der Waals surface area contributed by atoms with Gasteiger partial charge in [0.05, 0.1) is 5.41 Å². The summed E-state index contributed by atoms with van der Waals surface area (Å²) >= 11 is 5.70. The summed E-state index contributed by atoms with van der Waals surface area (Å²) in [6, 6.07) is 8.06. The molecule has 1 aromatic rings. The van der Waals surface area contributed by atoms with E-state index in [1.807, 2.05) is 18.2 Å². The minimum atomic E-state index is -0.317. The van der Waals surface area contributed by atoms with Crippen LogP contribution in [0.3, 0.4) is 0 Å². The summed E-state index contributed by atoms with van der Waals surface area (Å²) < 4.78 is 0. The van der Waals surface area contributed by atoms with Gasteiger partial charge in [0.15, 0.2) is 0 Å². The maximum absolute atomic E-state index is 12.3. The summed E-state index contributed by atoms with van der Waals surface area (Å²) in [5.41, 5.74) is 1.84. The number of alkyl halides is 1. The Morgan fingerprint density at radius 1 is 1.22 bits per heavy atom. The number of amides is 1. The van der Waals surface area contributed by atoms with Crippen LogP contribution in [-0.4, -0.2) is 11.8 Å². The van der Waals surface area contributed by atoms with E-state index in [0.717, 1.165) is 37.8 Å². The van der Waals surface area contributed by atoms with Crippen molar-refractivity contribution in [3.8, 4) is 0 Å². The lowest BCUT2D eigenvalue weighted by molar-refractivity contribution is -0.121. The van der Waals surface area contributed by atoms with Crippen LogP contribution in [0.1, 0.15) is 44.6 Å². The third-order valence-corrected chi connectivity index (χ3v) is 4.23. The maximum atomic E-state index is 12.3. The summed E-state index contributed by atoms with van der Waals surface area (Å²) in [5.74, 6) is 0.874. The van der Waals surface area contributed by atoms with Gasteiger partial charge in [0.2, 0.25) is 5.91 Å². The first-order chi connectivity index (χ1) is 8.74. The lowest BCUT2D eigenvalue weighted by Crippen LogP contribution is -2.33. The molecule has 98 valence electrons. The summed E-state index contributed by atoms with van der Waals surface area (Å²) in [6.07, 6.45) is 4.97. The van der Waals surface area contributed by atoms with Crippen LogP contribution in [0.4, 0.5) is 5.69 Å².